The summed E-state index contributed by atoms with van der Waals surface area (Å²) < 4.78 is 1.73. The van der Waals surface area contributed by atoms with E-state index < -0.39 is 5.69 Å². The molecule has 1 unspecified atom stereocenters. The second kappa shape index (κ2) is 8.74. The molecular formula is C24H28N8O2S. The number of H-pyrrole nitrogens is 2. The van der Waals surface area contributed by atoms with Gasteiger partial charge in [0.25, 0.3) is 0 Å². The van der Waals surface area contributed by atoms with E-state index in [1.807, 2.05) is 6.07 Å². The number of likely N-dealkylation sites (tertiary alicyclic amines) is 1. The number of nitrogens with zero attached hydrogens (tertiary/aromatic N) is 6. The van der Waals surface area contributed by atoms with Gasteiger partial charge in [-0.05, 0) is 45.5 Å². The highest BCUT2D eigenvalue weighted by Gasteiger charge is 2.24. The predicted octanol–water partition coefficient (Wildman–Crippen LogP) is 0.926. The Hall–Kier alpha value is -3.28. The molecule has 4 aromatic heterocycles. The third-order valence-electron chi connectivity index (χ3n) is 6.68. The van der Waals surface area contributed by atoms with Crippen molar-refractivity contribution in [1.29, 1.82) is 0 Å². The number of aromatic hydroxyl groups is 1. The van der Waals surface area contributed by atoms with Crippen LogP contribution < -0.4 is 16.4 Å². The highest BCUT2D eigenvalue weighted by molar-refractivity contribution is 7.10. The number of aromatic nitrogens is 5. The van der Waals surface area contributed by atoms with Crippen LogP contribution in [0.25, 0.3) is 23.0 Å². The van der Waals surface area contributed by atoms with Gasteiger partial charge in [-0.3, -0.25) is 14.9 Å². The maximum absolute atomic E-state index is 11.6. The molecule has 3 N–H and O–H groups in total. The molecule has 6 rings (SSSR count). The molecule has 0 aromatic carbocycles. The minimum absolute atomic E-state index is 0.214. The lowest BCUT2D eigenvalue weighted by Gasteiger charge is -2.19. The molecule has 0 radical (unpaired) electrons. The zero-order valence-electron chi connectivity index (χ0n) is 19.7. The molecule has 0 amide bonds. The van der Waals surface area contributed by atoms with Gasteiger partial charge in [-0.25, -0.2) is 9.78 Å². The van der Waals surface area contributed by atoms with Crippen molar-refractivity contribution in [3.63, 3.8) is 0 Å². The van der Waals surface area contributed by atoms with Crippen molar-refractivity contribution in [1.82, 2.24) is 34.4 Å². The van der Waals surface area contributed by atoms with Gasteiger partial charge in [-0.15, -0.1) is 11.3 Å². The quantitative estimate of drug-likeness (QED) is 0.369. The van der Waals surface area contributed by atoms with Gasteiger partial charge in [-0.2, -0.15) is 9.61 Å². The zero-order chi connectivity index (χ0) is 24.1. The van der Waals surface area contributed by atoms with Crippen molar-refractivity contribution in [2.24, 2.45) is 4.99 Å². The first kappa shape index (κ1) is 22.2. The third kappa shape index (κ3) is 4.54. The lowest BCUT2D eigenvalue weighted by molar-refractivity contribution is 0.266. The molecular weight excluding hydrogens is 464 g/mol. The zero-order valence-corrected chi connectivity index (χ0v) is 20.5. The Bertz CT molecular complexity index is 1560. The Kier molecular flexibility index (Phi) is 5.54. The van der Waals surface area contributed by atoms with Gasteiger partial charge in [0.05, 0.1) is 17.9 Å². The number of aromatic amines is 2. The lowest BCUT2D eigenvalue weighted by atomic mass is 10.2. The fourth-order valence-electron chi connectivity index (χ4n) is 4.54. The van der Waals surface area contributed by atoms with Gasteiger partial charge in [0.1, 0.15) is 5.69 Å². The van der Waals surface area contributed by atoms with E-state index in [-0.39, 0.29) is 11.6 Å². The van der Waals surface area contributed by atoms with Crippen LogP contribution in [0, 0.1) is 0 Å². The summed E-state index contributed by atoms with van der Waals surface area (Å²) in [7, 11) is 4.31. The SMILES string of the molecule is CN(C)C1CCN(Cc2cc(-c3cc(=NC4CC4)n4ncc(=Cc5[nH]c(=O)[nH]c5O)c4n3)cs2)C1. The molecule has 5 heterocycles. The van der Waals surface area contributed by atoms with Crippen LogP contribution in [0.4, 0.5) is 0 Å². The Labute approximate surface area is 205 Å². The van der Waals surface area contributed by atoms with Crippen LogP contribution in [0.2, 0.25) is 0 Å². The Morgan fingerprint density at radius 1 is 1.29 bits per heavy atom. The van der Waals surface area contributed by atoms with Gasteiger partial charge in [0.15, 0.2) is 11.1 Å². The van der Waals surface area contributed by atoms with Crippen LogP contribution in [-0.4, -0.2) is 78.7 Å². The van der Waals surface area contributed by atoms with Gasteiger partial charge >= 0.3 is 5.69 Å². The first-order chi connectivity index (χ1) is 16.9. The molecule has 11 heteroatoms. The second-order valence-corrected chi connectivity index (χ2v) is 10.6. The first-order valence-corrected chi connectivity index (χ1v) is 12.7. The third-order valence-corrected chi connectivity index (χ3v) is 7.61. The fourth-order valence-corrected chi connectivity index (χ4v) is 5.46. The molecule has 35 heavy (non-hydrogen) atoms. The van der Waals surface area contributed by atoms with Crippen molar-refractivity contribution in [3.05, 3.63) is 55.5 Å². The number of rotatable bonds is 6. The van der Waals surface area contributed by atoms with E-state index >= 15 is 0 Å². The van der Waals surface area contributed by atoms with Crippen LogP contribution in [0.5, 0.6) is 5.88 Å². The van der Waals surface area contributed by atoms with E-state index in [4.69, 9.17) is 9.98 Å². The van der Waals surface area contributed by atoms with Gasteiger partial charge in [0, 0.05) is 52.8 Å². The number of imidazole rings is 1. The Morgan fingerprint density at radius 3 is 2.86 bits per heavy atom. The molecule has 2 fully saturated rings. The maximum Gasteiger partial charge on any atom is 0.326 e. The Balaban J connectivity index is 1.38. The maximum atomic E-state index is 11.6. The molecule has 0 spiro atoms. The molecule has 1 aliphatic carbocycles. The molecule has 2 aliphatic rings. The van der Waals surface area contributed by atoms with Gasteiger partial charge in [-0.1, -0.05) is 0 Å². The molecule has 10 nitrogen and oxygen atoms in total. The summed E-state index contributed by atoms with van der Waals surface area (Å²) in [5.41, 5.74) is 3.12. The molecule has 182 valence electrons. The highest BCUT2D eigenvalue weighted by Crippen LogP contribution is 2.27. The summed E-state index contributed by atoms with van der Waals surface area (Å²) in [5.74, 6) is -0.214. The van der Waals surface area contributed by atoms with Crippen LogP contribution in [0.3, 0.4) is 0 Å². The molecule has 1 atom stereocenters. The van der Waals surface area contributed by atoms with Crippen LogP contribution in [0.1, 0.15) is 29.8 Å². The van der Waals surface area contributed by atoms with Crippen molar-refractivity contribution >= 4 is 23.1 Å². The fraction of sp³-hybridized carbons (Fsp3) is 0.417. The first-order valence-electron chi connectivity index (χ1n) is 11.8. The summed E-state index contributed by atoms with van der Waals surface area (Å²) >= 11 is 1.76. The average molecular weight is 493 g/mol. The number of hydrogen-bond acceptors (Lipinski definition) is 8. The summed E-state index contributed by atoms with van der Waals surface area (Å²) in [6, 6.07) is 5.17. The second-order valence-electron chi connectivity index (χ2n) is 9.62. The van der Waals surface area contributed by atoms with Gasteiger partial charge in [0.2, 0.25) is 5.88 Å². The number of fused-ring (bicyclic) bond motifs is 1. The van der Waals surface area contributed by atoms with Crippen LogP contribution in [0.15, 0.2) is 33.5 Å². The number of hydrogen-bond donors (Lipinski definition) is 3. The summed E-state index contributed by atoms with van der Waals surface area (Å²) in [6.07, 6.45) is 6.73. The minimum atomic E-state index is -0.469. The standard InChI is InChI=1S/C24H28N8O2S/c1-30(2)17-5-6-31(11-17)12-18-7-15(13-35-18)19-9-21(26-16-3-4-16)32-22(27-19)14(10-25-32)8-20-23(33)29-24(34)28-20/h7-10,13,16-17,33H,3-6,11-12H2,1-2H3,(H2,28,29,34). The summed E-state index contributed by atoms with van der Waals surface area (Å²) in [6.45, 7) is 3.16. The van der Waals surface area contributed by atoms with Crippen molar-refractivity contribution in [2.45, 2.75) is 37.9 Å². The Morgan fingerprint density at radius 2 is 2.14 bits per heavy atom. The summed E-state index contributed by atoms with van der Waals surface area (Å²) in [4.78, 5) is 32.4. The van der Waals surface area contributed by atoms with Crippen molar-refractivity contribution < 1.29 is 5.11 Å². The van der Waals surface area contributed by atoms with E-state index in [0.29, 0.717) is 22.9 Å². The molecule has 1 aliphatic heterocycles. The van der Waals surface area contributed by atoms with E-state index in [2.05, 4.69) is 50.4 Å². The molecule has 0 bridgehead atoms. The highest BCUT2D eigenvalue weighted by atomic mass is 32.1. The van der Waals surface area contributed by atoms with Crippen LogP contribution >= 0.6 is 11.3 Å². The van der Waals surface area contributed by atoms with Crippen LogP contribution in [-0.2, 0) is 6.54 Å². The molecule has 1 saturated heterocycles. The van der Waals surface area contributed by atoms with E-state index in [1.165, 1.54) is 11.3 Å². The van der Waals surface area contributed by atoms with E-state index in [9.17, 15) is 9.90 Å². The van der Waals surface area contributed by atoms with E-state index in [1.54, 1.807) is 28.1 Å². The largest absolute Gasteiger partial charge is 0.493 e. The molecule has 1 saturated carbocycles. The monoisotopic (exact) mass is 492 g/mol. The lowest BCUT2D eigenvalue weighted by Crippen LogP contribution is -2.31. The normalized spacial score (nSPS) is 20.1. The van der Waals surface area contributed by atoms with E-state index in [0.717, 1.165) is 49.2 Å². The predicted molar refractivity (Wildman–Crippen MR) is 134 cm³/mol. The molecule has 4 aromatic rings. The topological polar surface area (TPSA) is 118 Å². The minimum Gasteiger partial charge on any atom is -0.493 e. The number of nitrogens with one attached hydrogen (secondary N) is 2. The van der Waals surface area contributed by atoms with Crippen molar-refractivity contribution in [2.75, 3.05) is 27.2 Å². The average Bonchev–Trinajstić information content (AvgIpc) is 3.18. The number of thiophene rings is 1. The summed E-state index contributed by atoms with van der Waals surface area (Å²) in [5, 5.41) is 17.3. The van der Waals surface area contributed by atoms with Crippen molar-refractivity contribution in [3.8, 4) is 17.1 Å². The van der Waals surface area contributed by atoms with Gasteiger partial charge < -0.3 is 15.0 Å². The smallest absolute Gasteiger partial charge is 0.326 e. The number of likely N-dealkylation sites (N-methyl/N-ethyl adjacent to an activating group) is 1.